The van der Waals surface area contributed by atoms with Crippen LogP contribution in [0.3, 0.4) is 0 Å². The van der Waals surface area contributed by atoms with E-state index in [0.717, 1.165) is 75.5 Å². The van der Waals surface area contributed by atoms with E-state index in [1.165, 1.54) is 16.7 Å². The minimum Gasteiger partial charge on any atom is -0.385 e. The summed E-state index contributed by atoms with van der Waals surface area (Å²) in [4.78, 5) is 4.34. The first-order valence-electron chi connectivity index (χ1n) is 18.9. The van der Waals surface area contributed by atoms with Gasteiger partial charge in [-0.05, 0) is 98.0 Å². The zero-order valence-corrected chi connectivity index (χ0v) is 29.7. The average Bonchev–Trinajstić information content (AvgIpc) is 3.38. The second-order valence-electron chi connectivity index (χ2n) is 17.1. The van der Waals surface area contributed by atoms with Gasteiger partial charge in [0.05, 0.1) is 31.0 Å². The number of benzene rings is 1. The van der Waals surface area contributed by atoms with Gasteiger partial charge in [-0.25, -0.2) is 0 Å². The van der Waals surface area contributed by atoms with Crippen molar-refractivity contribution in [2.45, 2.75) is 121 Å². The monoisotopic (exact) mass is 669 g/mol. The molecule has 2 N–H and O–H groups in total. The first-order valence-corrected chi connectivity index (χ1v) is 18.9. The van der Waals surface area contributed by atoms with E-state index in [-0.39, 0.29) is 23.0 Å². The topological polar surface area (TPSA) is 90.3 Å². The maximum absolute atomic E-state index is 12.6. The van der Waals surface area contributed by atoms with Crippen LogP contribution in [0.4, 0.5) is 0 Å². The van der Waals surface area contributed by atoms with Gasteiger partial charge in [-0.3, -0.25) is 4.98 Å². The van der Waals surface area contributed by atoms with Crippen LogP contribution in [0, 0.1) is 22.7 Å². The highest BCUT2D eigenvalue weighted by molar-refractivity contribution is 5.63. The molecule has 4 aliphatic carbocycles. The molecule has 0 amide bonds. The molecule has 1 aromatic heterocycles. The maximum Gasteiger partial charge on any atom is 0.171 e. The molecular weight excluding hydrogens is 614 g/mol. The average molecular weight is 670 g/mol. The minimum atomic E-state index is -0.944. The smallest absolute Gasteiger partial charge is 0.171 e. The summed E-state index contributed by atoms with van der Waals surface area (Å²) >= 11 is 0. The fraction of sp³-hybridized carbons (Fsp3) is 0.643. The highest BCUT2D eigenvalue weighted by atomic mass is 16.7. The molecule has 1 aromatic carbocycles. The van der Waals surface area contributed by atoms with E-state index in [4.69, 9.17) is 18.9 Å². The van der Waals surface area contributed by atoms with Gasteiger partial charge >= 0.3 is 0 Å². The Balaban J connectivity index is 1.13. The summed E-state index contributed by atoms with van der Waals surface area (Å²) < 4.78 is 24.7. The van der Waals surface area contributed by atoms with Gasteiger partial charge in [0, 0.05) is 48.6 Å². The van der Waals surface area contributed by atoms with Gasteiger partial charge in [0.25, 0.3) is 0 Å². The Morgan fingerprint density at radius 3 is 2.49 bits per heavy atom. The molecule has 7 atom stereocenters. The van der Waals surface area contributed by atoms with Crippen LogP contribution >= 0.6 is 0 Å². The second-order valence-corrected chi connectivity index (χ2v) is 17.1. The second kappa shape index (κ2) is 12.7. The third-order valence-corrected chi connectivity index (χ3v) is 13.3. The number of aliphatic hydroxyl groups is 2. The number of hydrogen-bond acceptors (Lipinski definition) is 7. The third-order valence-electron chi connectivity index (χ3n) is 13.3. The number of ether oxygens (including phenoxy) is 4. The normalized spacial score (nSPS) is 38.3. The fourth-order valence-electron chi connectivity index (χ4n) is 10.6. The lowest BCUT2D eigenvalue weighted by Gasteiger charge is -2.58. The van der Waals surface area contributed by atoms with Gasteiger partial charge in [0.15, 0.2) is 12.1 Å². The SMILES string of the molecule is CC1(C)COC2(CCC3=C4[C@@H](CC[C@@]3(O)C2)[C@H]2CC[C@](O)(/C=C\COC3CCCCO3)[C@@]2(C)C[C@@H]4c2ccc(-c3cccnc3)cc2)OC1. The van der Waals surface area contributed by atoms with Crippen molar-refractivity contribution in [3.63, 3.8) is 0 Å². The Bertz CT molecular complexity index is 1550. The molecule has 8 rings (SSSR count). The van der Waals surface area contributed by atoms with Crippen molar-refractivity contribution in [3.05, 3.63) is 77.7 Å². The van der Waals surface area contributed by atoms with Crippen LogP contribution in [-0.2, 0) is 18.9 Å². The number of allylic oxidation sites excluding steroid dienone is 1. The highest BCUT2D eigenvalue weighted by Crippen LogP contribution is 2.68. The van der Waals surface area contributed by atoms with E-state index < -0.39 is 17.0 Å². The summed E-state index contributed by atoms with van der Waals surface area (Å²) in [5.74, 6) is 0.0326. The maximum atomic E-state index is 12.6. The van der Waals surface area contributed by atoms with Crippen LogP contribution in [0.5, 0.6) is 0 Å². The van der Waals surface area contributed by atoms with Gasteiger partial charge in [0.1, 0.15) is 0 Å². The molecule has 3 heterocycles. The Labute approximate surface area is 292 Å². The van der Waals surface area contributed by atoms with E-state index in [1.54, 1.807) is 6.20 Å². The van der Waals surface area contributed by atoms with Crippen LogP contribution in [0.2, 0.25) is 0 Å². The molecular formula is C42H55NO6. The van der Waals surface area contributed by atoms with Crippen LogP contribution in [0.1, 0.15) is 103 Å². The van der Waals surface area contributed by atoms with Crippen LogP contribution in [-0.4, -0.2) is 64.9 Å². The lowest BCUT2D eigenvalue weighted by Crippen LogP contribution is -2.58. The summed E-state index contributed by atoms with van der Waals surface area (Å²) in [5.41, 5.74) is 3.94. The number of nitrogens with zero attached hydrogens (tertiary/aromatic N) is 1. The molecule has 0 bridgehead atoms. The summed E-state index contributed by atoms with van der Waals surface area (Å²) in [6.07, 6.45) is 17.0. The van der Waals surface area contributed by atoms with Crippen molar-refractivity contribution >= 4 is 0 Å². The molecule has 2 aliphatic heterocycles. The quantitative estimate of drug-likeness (QED) is 0.303. The first-order chi connectivity index (χ1) is 23.5. The molecule has 1 spiro atoms. The lowest BCUT2D eigenvalue weighted by atomic mass is 9.49. The Morgan fingerprint density at radius 1 is 0.939 bits per heavy atom. The third kappa shape index (κ3) is 6.06. The molecule has 7 nitrogen and oxygen atoms in total. The molecule has 3 saturated carbocycles. The number of pyridine rings is 1. The van der Waals surface area contributed by atoms with Gasteiger partial charge in [0.2, 0.25) is 0 Å². The Kier molecular flexibility index (Phi) is 8.73. The fourth-order valence-corrected chi connectivity index (χ4v) is 10.6. The largest absolute Gasteiger partial charge is 0.385 e. The van der Waals surface area contributed by atoms with E-state index in [2.05, 4.69) is 62.2 Å². The van der Waals surface area contributed by atoms with Crippen molar-refractivity contribution in [1.82, 2.24) is 4.98 Å². The molecule has 264 valence electrons. The molecule has 2 aromatic rings. The van der Waals surface area contributed by atoms with Gasteiger partial charge < -0.3 is 29.2 Å². The summed E-state index contributed by atoms with van der Waals surface area (Å²) in [7, 11) is 0. The minimum absolute atomic E-state index is 0.0192. The van der Waals surface area contributed by atoms with Crippen molar-refractivity contribution < 1.29 is 29.2 Å². The highest BCUT2D eigenvalue weighted by Gasteiger charge is 2.64. The molecule has 2 saturated heterocycles. The lowest BCUT2D eigenvalue weighted by molar-refractivity contribution is -0.322. The summed E-state index contributed by atoms with van der Waals surface area (Å²) in [6.45, 7) is 9.19. The molecule has 6 aliphatic rings. The number of hydrogen-bond donors (Lipinski definition) is 2. The molecule has 7 heteroatoms. The van der Waals surface area contributed by atoms with Gasteiger partial charge in [-0.1, -0.05) is 68.8 Å². The van der Waals surface area contributed by atoms with Crippen LogP contribution in [0.25, 0.3) is 11.1 Å². The molecule has 0 radical (unpaired) electrons. The predicted octanol–water partition coefficient (Wildman–Crippen LogP) is 7.87. The first kappa shape index (κ1) is 33.7. The van der Waals surface area contributed by atoms with Crippen LogP contribution < -0.4 is 0 Å². The summed E-state index contributed by atoms with van der Waals surface area (Å²) in [5, 5.41) is 25.1. The van der Waals surface area contributed by atoms with E-state index in [1.807, 2.05) is 18.3 Å². The van der Waals surface area contributed by atoms with Crippen LogP contribution in [0.15, 0.2) is 72.1 Å². The van der Waals surface area contributed by atoms with Gasteiger partial charge in [-0.2, -0.15) is 0 Å². The predicted molar refractivity (Wildman–Crippen MR) is 188 cm³/mol. The Hall–Kier alpha value is -2.39. The van der Waals surface area contributed by atoms with Crippen molar-refractivity contribution in [2.24, 2.45) is 22.7 Å². The van der Waals surface area contributed by atoms with Gasteiger partial charge in [-0.15, -0.1) is 0 Å². The standard InChI is InChI=1S/C42H55NO6/c1-38(2)27-48-42(49-28-38)20-16-35-37-32(14-18-40(35,44)26-42)34-15-19-41(45,17-7-23-47-36-9-4-5-22-46-36)39(34,3)24-33(37)30-12-10-29(11-13-30)31-8-6-21-43-25-31/h6-8,10-13,17,21,25,32-34,36,44-45H,4-5,9,14-16,18-20,22-24,26-28H2,1-3H3/b17-7-/t32-,33+,34+,36?,39-,40+,41+/m0/s1. The van der Waals surface area contributed by atoms with Crippen molar-refractivity contribution in [2.75, 3.05) is 26.4 Å². The summed E-state index contributed by atoms with van der Waals surface area (Å²) in [6, 6.07) is 13.0. The molecule has 1 unspecified atom stereocenters. The van der Waals surface area contributed by atoms with Crippen molar-refractivity contribution in [1.29, 1.82) is 0 Å². The molecule has 5 fully saturated rings. The Morgan fingerprint density at radius 2 is 1.76 bits per heavy atom. The molecule has 49 heavy (non-hydrogen) atoms. The zero-order chi connectivity index (χ0) is 33.9. The number of aromatic nitrogens is 1. The number of rotatable bonds is 6. The number of fused-ring (bicyclic) bond motifs is 4. The van der Waals surface area contributed by atoms with E-state index >= 15 is 0 Å². The van der Waals surface area contributed by atoms with E-state index in [0.29, 0.717) is 44.5 Å². The van der Waals surface area contributed by atoms with E-state index in [9.17, 15) is 10.2 Å². The zero-order valence-electron chi connectivity index (χ0n) is 29.7. The van der Waals surface area contributed by atoms with Crippen molar-refractivity contribution in [3.8, 4) is 11.1 Å².